The Morgan fingerprint density at radius 2 is 1.82 bits per heavy atom. The highest BCUT2D eigenvalue weighted by Crippen LogP contribution is 2.46. The predicted octanol–water partition coefficient (Wildman–Crippen LogP) is 3.02. The van der Waals surface area contributed by atoms with E-state index in [0.717, 1.165) is 22.2 Å². The Bertz CT molecular complexity index is 402. The second-order valence-corrected chi connectivity index (χ2v) is 6.60. The van der Waals surface area contributed by atoms with Crippen LogP contribution in [-0.4, -0.2) is 24.1 Å². The zero-order valence-corrected chi connectivity index (χ0v) is 11.8. The molecule has 0 atom stereocenters. The minimum absolute atomic E-state index is 0.402. The average molecular weight is 319 g/mol. The minimum Gasteiger partial charge on any atom is -0.384 e. The van der Waals surface area contributed by atoms with Crippen LogP contribution in [0.5, 0.6) is 0 Å². The molecule has 1 aliphatic carbocycles. The van der Waals surface area contributed by atoms with Crippen LogP contribution >= 0.6 is 27.3 Å². The molecule has 0 radical (unpaired) electrons. The van der Waals surface area contributed by atoms with Crippen LogP contribution in [0.4, 0.5) is 0 Å². The molecule has 1 aliphatic heterocycles. The van der Waals surface area contributed by atoms with Crippen molar-refractivity contribution in [3.63, 3.8) is 0 Å². The fourth-order valence-corrected chi connectivity index (χ4v) is 4.22. The molecule has 1 N–H and O–H groups in total. The van der Waals surface area contributed by atoms with E-state index in [0.29, 0.717) is 26.1 Å². The molecule has 0 amide bonds. The van der Waals surface area contributed by atoms with E-state index >= 15 is 0 Å². The Hall–Kier alpha value is 0.0600. The van der Waals surface area contributed by atoms with E-state index in [1.54, 1.807) is 11.3 Å². The summed E-state index contributed by atoms with van der Waals surface area (Å²) in [6.07, 6.45) is 2.97. The fraction of sp³-hybridized carbons (Fsp3) is 0.667. The van der Waals surface area contributed by atoms with E-state index in [9.17, 15) is 5.11 Å². The second kappa shape index (κ2) is 4.31. The molecule has 0 bridgehead atoms. The standard InChI is InChI=1S/C12H15BrO3S/c13-9-7-10(17-8-9)11(14)1-3-12(4-2-11)15-5-6-16-12/h7-8,14H,1-6H2. The Balaban J connectivity index is 1.75. The van der Waals surface area contributed by atoms with E-state index in [1.807, 2.05) is 11.4 Å². The number of hydrogen-bond acceptors (Lipinski definition) is 4. The summed E-state index contributed by atoms with van der Waals surface area (Å²) in [6.45, 7) is 1.37. The number of rotatable bonds is 1. The SMILES string of the molecule is OC1(c2cc(Br)cs2)CCC2(CC1)OCCO2. The zero-order chi connectivity index (χ0) is 11.9. The Morgan fingerprint density at radius 3 is 2.35 bits per heavy atom. The highest BCUT2D eigenvalue weighted by molar-refractivity contribution is 9.10. The minimum atomic E-state index is -0.697. The third-order valence-electron chi connectivity index (χ3n) is 3.68. The molecule has 1 aromatic rings. The van der Waals surface area contributed by atoms with E-state index in [2.05, 4.69) is 15.9 Å². The lowest BCUT2D eigenvalue weighted by molar-refractivity contribution is -0.203. The number of thiophene rings is 1. The summed E-state index contributed by atoms with van der Waals surface area (Å²) in [5, 5.41) is 12.7. The van der Waals surface area contributed by atoms with Crippen molar-refractivity contribution in [1.29, 1.82) is 0 Å². The molecule has 1 saturated heterocycles. The predicted molar refractivity (Wildman–Crippen MR) is 69.0 cm³/mol. The molecule has 17 heavy (non-hydrogen) atoms. The van der Waals surface area contributed by atoms with Crippen molar-refractivity contribution in [2.75, 3.05) is 13.2 Å². The van der Waals surface area contributed by atoms with Crippen LogP contribution in [0.1, 0.15) is 30.6 Å². The lowest BCUT2D eigenvalue weighted by Crippen LogP contribution is -2.41. The van der Waals surface area contributed by atoms with Crippen LogP contribution in [0.15, 0.2) is 15.9 Å². The normalized spacial score (nSPS) is 26.5. The van der Waals surface area contributed by atoms with E-state index in [-0.39, 0.29) is 0 Å². The van der Waals surface area contributed by atoms with Crippen molar-refractivity contribution in [2.45, 2.75) is 37.1 Å². The van der Waals surface area contributed by atoms with Gasteiger partial charge in [-0.1, -0.05) is 0 Å². The van der Waals surface area contributed by atoms with Gasteiger partial charge in [0.25, 0.3) is 0 Å². The van der Waals surface area contributed by atoms with Gasteiger partial charge < -0.3 is 14.6 Å². The lowest BCUT2D eigenvalue weighted by atomic mass is 9.80. The monoisotopic (exact) mass is 318 g/mol. The summed E-state index contributed by atoms with van der Waals surface area (Å²) in [6, 6.07) is 2.01. The van der Waals surface area contributed by atoms with Crippen LogP contribution in [-0.2, 0) is 15.1 Å². The van der Waals surface area contributed by atoms with Crippen LogP contribution in [0.2, 0.25) is 0 Å². The summed E-state index contributed by atoms with van der Waals surface area (Å²) in [5.74, 6) is -0.402. The largest absolute Gasteiger partial charge is 0.384 e. The van der Waals surface area contributed by atoms with Crippen LogP contribution in [0, 0.1) is 0 Å². The third kappa shape index (κ3) is 2.19. The highest BCUT2D eigenvalue weighted by atomic mass is 79.9. The molecule has 3 rings (SSSR count). The van der Waals surface area contributed by atoms with E-state index in [1.165, 1.54) is 0 Å². The first-order valence-corrected chi connectivity index (χ1v) is 7.54. The van der Waals surface area contributed by atoms with Crippen LogP contribution in [0.25, 0.3) is 0 Å². The first kappa shape index (κ1) is 12.1. The zero-order valence-electron chi connectivity index (χ0n) is 9.45. The van der Waals surface area contributed by atoms with Gasteiger partial charge in [0.2, 0.25) is 0 Å². The Morgan fingerprint density at radius 1 is 1.18 bits per heavy atom. The maximum absolute atomic E-state index is 10.7. The first-order valence-electron chi connectivity index (χ1n) is 5.87. The lowest BCUT2D eigenvalue weighted by Gasteiger charge is -2.40. The third-order valence-corrected chi connectivity index (χ3v) is 5.56. The summed E-state index contributed by atoms with van der Waals surface area (Å²) in [7, 11) is 0. The number of ether oxygens (including phenoxy) is 2. The van der Waals surface area contributed by atoms with Crippen molar-refractivity contribution in [3.8, 4) is 0 Å². The van der Waals surface area contributed by atoms with Crippen LogP contribution in [0.3, 0.4) is 0 Å². The van der Waals surface area contributed by atoms with E-state index in [4.69, 9.17) is 9.47 Å². The molecule has 2 fully saturated rings. The van der Waals surface area contributed by atoms with Gasteiger partial charge in [-0.25, -0.2) is 0 Å². The molecule has 5 heteroatoms. The fourth-order valence-electron chi connectivity index (χ4n) is 2.63. The Kier molecular flexibility index (Phi) is 3.07. The number of halogens is 1. The molecule has 3 nitrogen and oxygen atoms in total. The molecular weight excluding hydrogens is 304 g/mol. The first-order chi connectivity index (χ1) is 8.12. The van der Waals surface area contributed by atoms with Gasteiger partial charge in [0.15, 0.2) is 5.79 Å². The Labute approximate surface area is 113 Å². The summed E-state index contributed by atoms with van der Waals surface area (Å²) >= 11 is 5.04. The van der Waals surface area contributed by atoms with Crippen LogP contribution < -0.4 is 0 Å². The van der Waals surface area contributed by atoms with Gasteiger partial charge >= 0.3 is 0 Å². The highest BCUT2D eigenvalue weighted by Gasteiger charge is 2.46. The molecule has 94 valence electrons. The van der Waals surface area contributed by atoms with Gasteiger partial charge in [-0.05, 0) is 34.8 Å². The van der Waals surface area contributed by atoms with Gasteiger partial charge in [0.05, 0.1) is 18.8 Å². The molecule has 2 aliphatic rings. The molecule has 1 saturated carbocycles. The summed E-state index contributed by atoms with van der Waals surface area (Å²) in [4.78, 5) is 1.04. The average Bonchev–Trinajstić information content (AvgIpc) is 2.94. The van der Waals surface area contributed by atoms with Gasteiger partial charge in [-0.2, -0.15) is 0 Å². The molecule has 1 aromatic heterocycles. The number of hydrogen-bond donors (Lipinski definition) is 1. The van der Waals surface area contributed by atoms with Gasteiger partial charge in [-0.15, -0.1) is 11.3 Å². The second-order valence-electron chi connectivity index (χ2n) is 4.77. The van der Waals surface area contributed by atoms with E-state index < -0.39 is 11.4 Å². The summed E-state index contributed by atoms with van der Waals surface area (Å²) in [5.41, 5.74) is -0.697. The topological polar surface area (TPSA) is 38.7 Å². The maximum Gasteiger partial charge on any atom is 0.168 e. The molecule has 2 heterocycles. The van der Waals surface area contributed by atoms with Crippen molar-refractivity contribution in [3.05, 3.63) is 20.8 Å². The smallest absolute Gasteiger partial charge is 0.168 e. The van der Waals surface area contributed by atoms with Crippen molar-refractivity contribution in [2.24, 2.45) is 0 Å². The van der Waals surface area contributed by atoms with Gasteiger partial charge in [-0.3, -0.25) is 0 Å². The number of aliphatic hydroxyl groups is 1. The maximum atomic E-state index is 10.7. The van der Waals surface area contributed by atoms with Crippen molar-refractivity contribution < 1.29 is 14.6 Å². The van der Waals surface area contributed by atoms with Crippen molar-refractivity contribution in [1.82, 2.24) is 0 Å². The van der Waals surface area contributed by atoms with Gasteiger partial charge in [0, 0.05) is 27.6 Å². The molecule has 0 unspecified atom stereocenters. The molecule has 0 aromatic carbocycles. The summed E-state index contributed by atoms with van der Waals surface area (Å²) < 4.78 is 12.4. The molecule has 1 spiro atoms. The van der Waals surface area contributed by atoms with Crippen molar-refractivity contribution >= 4 is 27.3 Å². The quantitative estimate of drug-likeness (QED) is 0.865. The molecular formula is C12H15BrO3S. The van der Waals surface area contributed by atoms with Gasteiger partial charge in [0.1, 0.15) is 0 Å².